The lowest BCUT2D eigenvalue weighted by molar-refractivity contribution is 1.36. The first-order valence-corrected chi connectivity index (χ1v) is 4.20. The fourth-order valence-electron chi connectivity index (χ4n) is 0.949. The van der Waals surface area contributed by atoms with Crippen LogP contribution in [0.5, 0.6) is 0 Å². The number of rotatable bonds is 0. The second-order valence-corrected chi connectivity index (χ2v) is 3.15. The van der Waals surface area contributed by atoms with Gasteiger partial charge in [0.1, 0.15) is 0 Å². The standard InChI is InChI=1S/C8H7NS/c1-2-4-8-7(3-1)9-5-6-10-8/h1-5H,6H2. The van der Waals surface area contributed by atoms with Crippen molar-refractivity contribution < 1.29 is 0 Å². The summed E-state index contributed by atoms with van der Waals surface area (Å²) in [4.78, 5) is 5.54. The van der Waals surface area contributed by atoms with Gasteiger partial charge in [0, 0.05) is 16.9 Å². The number of thioether (sulfide) groups is 1. The molecule has 0 aliphatic carbocycles. The van der Waals surface area contributed by atoms with Crippen LogP contribution in [-0.4, -0.2) is 12.0 Å². The minimum absolute atomic E-state index is 1.01. The van der Waals surface area contributed by atoms with Crippen LogP contribution in [0.4, 0.5) is 5.69 Å². The highest BCUT2D eigenvalue weighted by Gasteiger charge is 2.02. The molecular weight excluding hydrogens is 142 g/mol. The molecule has 2 rings (SSSR count). The van der Waals surface area contributed by atoms with Gasteiger partial charge in [-0.05, 0) is 12.1 Å². The van der Waals surface area contributed by atoms with Gasteiger partial charge >= 0.3 is 0 Å². The van der Waals surface area contributed by atoms with Crippen molar-refractivity contribution in [1.29, 1.82) is 0 Å². The number of hydrogen-bond acceptors (Lipinski definition) is 2. The van der Waals surface area contributed by atoms with Gasteiger partial charge < -0.3 is 0 Å². The van der Waals surface area contributed by atoms with Gasteiger partial charge in [-0.3, -0.25) is 4.99 Å². The largest absolute Gasteiger partial charge is 0.259 e. The molecule has 0 spiro atoms. The Morgan fingerprint density at radius 3 is 3.10 bits per heavy atom. The lowest BCUT2D eigenvalue weighted by Crippen LogP contribution is -1.86. The summed E-state index contributed by atoms with van der Waals surface area (Å²) in [7, 11) is 0. The molecule has 50 valence electrons. The Morgan fingerprint density at radius 2 is 2.20 bits per heavy atom. The maximum atomic E-state index is 4.25. The Morgan fingerprint density at radius 1 is 1.30 bits per heavy atom. The van der Waals surface area contributed by atoms with Gasteiger partial charge in [0.15, 0.2) is 0 Å². The van der Waals surface area contributed by atoms with Crippen molar-refractivity contribution in [3.8, 4) is 0 Å². The molecule has 1 heterocycles. The van der Waals surface area contributed by atoms with E-state index in [9.17, 15) is 0 Å². The van der Waals surface area contributed by atoms with Crippen LogP contribution in [0, 0.1) is 0 Å². The minimum atomic E-state index is 1.01. The SMILES string of the molecule is C1=Nc2ccccc2SC1. The average Bonchev–Trinajstić information content (AvgIpc) is 2.05. The van der Waals surface area contributed by atoms with Crippen molar-refractivity contribution in [1.82, 2.24) is 0 Å². The Bertz CT molecular complexity index is 268. The van der Waals surface area contributed by atoms with Gasteiger partial charge in [-0.2, -0.15) is 0 Å². The van der Waals surface area contributed by atoms with E-state index in [0.717, 1.165) is 11.4 Å². The van der Waals surface area contributed by atoms with E-state index in [-0.39, 0.29) is 0 Å². The summed E-state index contributed by atoms with van der Waals surface area (Å²) < 4.78 is 0. The molecule has 0 N–H and O–H groups in total. The van der Waals surface area contributed by atoms with Crippen molar-refractivity contribution in [2.24, 2.45) is 4.99 Å². The Balaban J connectivity index is 2.54. The molecule has 1 aromatic rings. The minimum Gasteiger partial charge on any atom is -0.259 e. The van der Waals surface area contributed by atoms with E-state index in [1.54, 1.807) is 0 Å². The van der Waals surface area contributed by atoms with Crippen molar-refractivity contribution in [3.63, 3.8) is 0 Å². The van der Waals surface area contributed by atoms with Crippen LogP contribution in [0.3, 0.4) is 0 Å². The summed E-state index contributed by atoms with van der Waals surface area (Å²) in [6.45, 7) is 0. The number of benzene rings is 1. The third kappa shape index (κ3) is 0.948. The van der Waals surface area contributed by atoms with Crippen LogP contribution >= 0.6 is 11.8 Å². The van der Waals surface area contributed by atoms with Crippen LogP contribution in [0.25, 0.3) is 0 Å². The van der Waals surface area contributed by atoms with Gasteiger partial charge in [0.25, 0.3) is 0 Å². The van der Waals surface area contributed by atoms with Crippen molar-refractivity contribution in [3.05, 3.63) is 24.3 Å². The summed E-state index contributed by atoms with van der Waals surface area (Å²) in [5, 5.41) is 0. The van der Waals surface area contributed by atoms with Gasteiger partial charge in [0.2, 0.25) is 0 Å². The fourth-order valence-corrected chi connectivity index (χ4v) is 1.72. The highest BCUT2D eigenvalue weighted by molar-refractivity contribution is 8.00. The van der Waals surface area contributed by atoms with E-state index in [1.165, 1.54) is 4.90 Å². The zero-order valence-electron chi connectivity index (χ0n) is 5.45. The fraction of sp³-hybridized carbons (Fsp3) is 0.125. The predicted molar refractivity (Wildman–Crippen MR) is 45.3 cm³/mol. The van der Waals surface area contributed by atoms with Gasteiger partial charge in [0.05, 0.1) is 5.69 Å². The molecule has 1 nitrogen and oxygen atoms in total. The first-order chi connectivity index (χ1) is 4.97. The zero-order valence-corrected chi connectivity index (χ0v) is 6.27. The molecule has 0 fully saturated rings. The number of hydrogen-bond donors (Lipinski definition) is 0. The van der Waals surface area contributed by atoms with Crippen LogP contribution in [0.1, 0.15) is 0 Å². The van der Waals surface area contributed by atoms with E-state index in [1.807, 2.05) is 36.2 Å². The van der Waals surface area contributed by atoms with Crippen LogP contribution < -0.4 is 0 Å². The lowest BCUT2D eigenvalue weighted by Gasteiger charge is -2.06. The van der Waals surface area contributed by atoms with Crippen LogP contribution in [0.2, 0.25) is 0 Å². The quantitative estimate of drug-likeness (QED) is 0.552. The number of aliphatic imine (C=N–C) groups is 1. The monoisotopic (exact) mass is 149 g/mol. The molecule has 1 aromatic carbocycles. The van der Waals surface area contributed by atoms with E-state index in [4.69, 9.17) is 0 Å². The van der Waals surface area contributed by atoms with Crippen LogP contribution in [-0.2, 0) is 0 Å². The highest BCUT2D eigenvalue weighted by atomic mass is 32.2. The first-order valence-electron chi connectivity index (χ1n) is 3.21. The molecular formula is C8H7NS. The molecule has 1 aliphatic rings. The Kier molecular flexibility index (Phi) is 1.47. The number of fused-ring (bicyclic) bond motifs is 1. The second-order valence-electron chi connectivity index (χ2n) is 2.09. The Labute approximate surface area is 64.2 Å². The summed E-state index contributed by atoms with van der Waals surface area (Å²) in [6, 6.07) is 8.21. The molecule has 0 saturated carbocycles. The molecule has 10 heavy (non-hydrogen) atoms. The third-order valence-corrected chi connectivity index (χ3v) is 2.38. The number of nitrogens with zero attached hydrogens (tertiary/aromatic N) is 1. The van der Waals surface area contributed by atoms with E-state index < -0.39 is 0 Å². The molecule has 0 amide bonds. The van der Waals surface area contributed by atoms with E-state index in [2.05, 4.69) is 11.1 Å². The summed E-state index contributed by atoms with van der Waals surface area (Å²) in [5.41, 5.74) is 1.11. The molecule has 2 heteroatoms. The normalized spacial score (nSPS) is 14.8. The summed E-state index contributed by atoms with van der Waals surface area (Å²) in [6.07, 6.45) is 1.95. The predicted octanol–water partition coefficient (Wildman–Crippen LogP) is 2.49. The van der Waals surface area contributed by atoms with Gasteiger partial charge in [-0.15, -0.1) is 11.8 Å². The average molecular weight is 149 g/mol. The van der Waals surface area contributed by atoms with Crippen molar-refractivity contribution in [2.75, 3.05) is 5.75 Å². The Hall–Kier alpha value is -0.760. The maximum Gasteiger partial charge on any atom is 0.0761 e. The third-order valence-electron chi connectivity index (χ3n) is 1.41. The van der Waals surface area contributed by atoms with E-state index >= 15 is 0 Å². The topological polar surface area (TPSA) is 12.4 Å². The molecule has 0 radical (unpaired) electrons. The number of para-hydroxylation sites is 1. The first kappa shape index (κ1) is 5.98. The molecule has 0 saturated heterocycles. The van der Waals surface area contributed by atoms with Crippen LogP contribution in [0.15, 0.2) is 34.2 Å². The molecule has 1 aliphatic heterocycles. The summed E-state index contributed by atoms with van der Waals surface area (Å²) in [5.74, 6) is 1.01. The van der Waals surface area contributed by atoms with E-state index in [0.29, 0.717) is 0 Å². The van der Waals surface area contributed by atoms with Crippen molar-refractivity contribution in [2.45, 2.75) is 4.90 Å². The molecule has 0 atom stereocenters. The molecule has 0 aromatic heterocycles. The van der Waals surface area contributed by atoms with Gasteiger partial charge in [-0.1, -0.05) is 12.1 Å². The second kappa shape index (κ2) is 2.46. The van der Waals surface area contributed by atoms with Crippen molar-refractivity contribution >= 4 is 23.7 Å². The maximum absolute atomic E-state index is 4.25. The lowest BCUT2D eigenvalue weighted by atomic mass is 10.3. The van der Waals surface area contributed by atoms with Gasteiger partial charge in [-0.25, -0.2) is 0 Å². The zero-order chi connectivity index (χ0) is 6.81. The highest BCUT2D eigenvalue weighted by Crippen LogP contribution is 2.31. The molecule has 0 bridgehead atoms. The molecule has 0 unspecified atom stereocenters. The smallest absolute Gasteiger partial charge is 0.0761 e. The summed E-state index contributed by atoms with van der Waals surface area (Å²) >= 11 is 1.84.